The Hall–Kier alpha value is -2.58. The number of anilines is 2. The van der Waals surface area contributed by atoms with Gasteiger partial charge in [-0.3, -0.25) is 0 Å². The molecule has 1 fully saturated rings. The Balaban J connectivity index is 1.51. The number of benzene rings is 3. The van der Waals surface area contributed by atoms with Crippen LogP contribution in [0.15, 0.2) is 83.8 Å². The average molecular weight is 513 g/mol. The fourth-order valence-corrected chi connectivity index (χ4v) is 5.91. The van der Waals surface area contributed by atoms with Crippen LogP contribution in [-0.4, -0.2) is 71.0 Å². The van der Waals surface area contributed by atoms with Gasteiger partial charge in [0, 0.05) is 62.2 Å². The van der Waals surface area contributed by atoms with E-state index in [0.29, 0.717) is 24.5 Å². The van der Waals surface area contributed by atoms with Gasteiger partial charge in [0.15, 0.2) is 0 Å². The monoisotopic (exact) mass is 512 g/mol. The fraction of sp³-hybridized carbons (Fsp3) is 0.333. The number of likely N-dealkylation sites (N-methyl/N-ethyl adjacent to an activating group) is 1. The zero-order chi connectivity index (χ0) is 24.8. The molecule has 3 aromatic rings. The number of halogens is 1. The summed E-state index contributed by atoms with van der Waals surface area (Å²) in [4.78, 5) is 6.90. The smallest absolute Gasteiger partial charge is 0.243 e. The van der Waals surface area contributed by atoms with Gasteiger partial charge in [0.2, 0.25) is 10.0 Å². The highest BCUT2D eigenvalue weighted by Crippen LogP contribution is 2.26. The molecule has 0 radical (unpaired) electrons. The van der Waals surface area contributed by atoms with Gasteiger partial charge in [-0.15, -0.1) is 0 Å². The van der Waals surface area contributed by atoms with Crippen LogP contribution < -0.4 is 9.80 Å². The summed E-state index contributed by atoms with van der Waals surface area (Å²) in [7, 11) is 0.251. The van der Waals surface area contributed by atoms with Crippen LogP contribution in [0.2, 0.25) is 5.02 Å². The SMILES string of the molecule is CN(C)CCN(Cc1ccccc1)S(=O)(=O)c1cccc(N2CCN(c3cccc(Cl)c3)CC2)c1. The topological polar surface area (TPSA) is 47.1 Å². The lowest BCUT2D eigenvalue weighted by atomic mass is 10.2. The van der Waals surface area contributed by atoms with Gasteiger partial charge in [0.1, 0.15) is 0 Å². The van der Waals surface area contributed by atoms with Crippen molar-refractivity contribution in [3.8, 4) is 0 Å². The number of hydrogen-bond donors (Lipinski definition) is 0. The van der Waals surface area contributed by atoms with E-state index in [1.54, 1.807) is 10.4 Å². The summed E-state index contributed by atoms with van der Waals surface area (Å²) < 4.78 is 29.0. The minimum absolute atomic E-state index is 0.335. The highest BCUT2D eigenvalue weighted by atomic mass is 35.5. The minimum Gasteiger partial charge on any atom is -0.368 e. The number of nitrogens with zero attached hydrogens (tertiary/aromatic N) is 4. The highest BCUT2D eigenvalue weighted by molar-refractivity contribution is 7.89. The first-order chi connectivity index (χ1) is 16.8. The molecule has 0 bridgehead atoms. The molecule has 1 saturated heterocycles. The van der Waals surface area contributed by atoms with Crippen molar-refractivity contribution < 1.29 is 8.42 Å². The van der Waals surface area contributed by atoms with Crippen LogP contribution in [0.3, 0.4) is 0 Å². The summed E-state index contributed by atoms with van der Waals surface area (Å²) in [5, 5.41) is 0.733. The Morgan fingerprint density at radius 3 is 1.97 bits per heavy atom. The number of rotatable bonds is 9. The normalized spacial score (nSPS) is 14.7. The van der Waals surface area contributed by atoms with Gasteiger partial charge in [0.05, 0.1) is 4.90 Å². The molecule has 0 unspecified atom stereocenters. The largest absolute Gasteiger partial charge is 0.368 e. The molecule has 0 spiro atoms. The summed E-state index contributed by atoms with van der Waals surface area (Å²) in [6, 6.07) is 25.0. The van der Waals surface area contributed by atoms with E-state index in [9.17, 15) is 8.42 Å². The summed E-state index contributed by atoms with van der Waals surface area (Å²) in [5.74, 6) is 0. The van der Waals surface area contributed by atoms with E-state index in [1.807, 2.05) is 85.7 Å². The molecule has 0 amide bonds. The second-order valence-corrected chi connectivity index (χ2v) is 11.5. The van der Waals surface area contributed by atoms with Gasteiger partial charge in [-0.05, 0) is 56.1 Å². The Kier molecular flexibility index (Phi) is 8.34. The molecular weight excluding hydrogens is 480 g/mol. The lowest BCUT2D eigenvalue weighted by Crippen LogP contribution is -2.46. The number of sulfonamides is 1. The molecule has 0 N–H and O–H groups in total. The molecule has 0 aliphatic carbocycles. The van der Waals surface area contributed by atoms with Crippen LogP contribution >= 0.6 is 11.6 Å². The summed E-state index contributed by atoms with van der Waals surface area (Å²) >= 11 is 6.16. The zero-order valence-electron chi connectivity index (χ0n) is 20.3. The predicted octanol–water partition coefficient (Wildman–Crippen LogP) is 4.42. The van der Waals surface area contributed by atoms with E-state index in [4.69, 9.17) is 11.6 Å². The summed E-state index contributed by atoms with van der Waals surface area (Å²) in [6.07, 6.45) is 0. The molecule has 1 heterocycles. The molecule has 35 heavy (non-hydrogen) atoms. The van der Waals surface area contributed by atoms with Crippen molar-refractivity contribution in [3.05, 3.63) is 89.4 Å². The van der Waals surface area contributed by atoms with Gasteiger partial charge in [-0.2, -0.15) is 4.31 Å². The van der Waals surface area contributed by atoms with Gasteiger partial charge in [0.25, 0.3) is 0 Å². The third-order valence-corrected chi connectivity index (χ3v) is 8.35. The van der Waals surface area contributed by atoms with E-state index >= 15 is 0 Å². The van der Waals surface area contributed by atoms with Crippen LogP contribution in [0.25, 0.3) is 0 Å². The van der Waals surface area contributed by atoms with Gasteiger partial charge < -0.3 is 14.7 Å². The second-order valence-electron chi connectivity index (χ2n) is 9.08. The molecule has 0 saturated carbocycles. The number of hydrogen-bond acceptors (Lipinski definition) is 5. The first-order valence-corrected chi connectivity index (χ1v) is 13.7. The molecule has 3 aromatic carbocycles. The first-order valence-electron chi connectivity index (χ1n) is 11.9. The standard InChI is InChI=1S/C27H33ClN4O2S/c1-29(2)14-19-32(22-23-8-4-3-5-9-23)35(33,34)27-13-7-12-26(21-27)31-17-15-30(16-18-31)25-11-6-10-24(28)20-25/h3-13,20-21H,14-19,22H2,1-2H3. The molecule has 6 nitrogen and oxygen atoms in total. The molecule has 0 aromatic heterocycles. The van der Waals surface area contributed by atoms with Crippen LogP contribution in [0, 0.1) is 0 Å². The molecule has 4 rings (SSSR count). The third-order valence-electron chi connectivity index (χ3n) is 6.27. The van der Waals surface area contributed by atoms with Crippen LogP contribution in [0.4, 0.5) is 11.4 Å². The van der Waals surface area contributed by atoms with Gasteiger partial charge >= 0.3 is 0 Å². The maximum Gasteiger partial charge on any atom is 0.243 e. The zero-order valence-corrected chi connectivity index (χ0v) is 21.9. The van der Waals surface area contributed by atoms with Crippen LogP contribution in [0.1, 0.15) is 5.56 Å². The summed E-state index contributed by atoms with van der Waals surface area (Å²) in [5.41, 5.74) is 3.03. The van der Waals surface area contributed by atoms with Crippen molar-refractivity contribution in [1.29, 1.82) is 0 Å². The lowest BCUT2D eigenvalue weighted by molar-refractivity contribution is 0.329. The van der Waals surface area contributed by atoms with Crippen molar-refractivity contribution in [2.75, 3.05) is 63.2 Å². The highest BCUT2D eigenvalue weighted by Gasteiger charge is 2.26. The van der Waals surface area contributed by atoms with E-state index in [1.165, 1.54) is 0 Å². The fourth-order valence-electron chi connectivity index (χ4n) is 4.27. The molecule has 1 aliphatic heterocycles. The van der Waals surface area contributed by atoms with Crippen LogP contribution in [-0.2, 0) is 16.6 Å². The molecule has 0 atom stereocenters. The third kappa shape index (κ3) is 6.55. The Morgan fingerprint density at radius 2 is 1.37 bits per heavy atom. The molecular formula is C27H33ClN4O2S. The van der Waals surface area contributed by atoms with Gasteiger partial charge in [-0.1, -0.05) is 54.1 Å². The molecule has 8 heteroatoms. The lowest BCUT2D eigenvalue weighted by Gasteiger charge is -2.37. The minimum atomic E-state index is -3.66. The Labute approximate surface area is 214 Å². The molecule has 186 valence electrons. The van der Waals surface area contributed by atoms with Crippen molar-refractivity contribution in [1.82, 2.24) is 9.21 Å². The second kappa shape index (κ2) is 11.4. The van der Waals surface area contributed by atoms with Crippen molar-refractivity contribution >= 4 is 33.0 Å². The van der Waals surface area contributed by atoms with Crippen molar-refractivity contribution in [2.24, 2.45) is 0 Å². The van der Waals surface area contributed by atoms with E-state index in [0.717, 1.165) is 48.1 Å². The average Bonchev–Trinajstić information content (AvgIpc) is 2.87. The van der Waals surface area contributed by atoms with Gasteiger partial charge in [-0.25, -0.2) is 8.42 Å². The maximum absolute atomic E-state index is 13.7. The maximum atomic E-state index is 13.7. The Bertz CT molecular complexity index is 1210. The van der Waals surface area contributed by atoms with E-state index in [-0.39, 0.29) is 0 Å². The summed E-state index contributed by atoms with van der Waals surface area (Å²) in [6.45, 7) is 4.73. The van der Waals surface area contributed by atoms with E-state index < -0.39 is 10.0 Å². The molecule has 1 aliphatic rings. The van der Waals surface area contributed by atoms with Crippen LogP contribution in [0.5, 0.6) is 0 Å². The Morgan fingerprint density at radius 1 is 0.771 bits per heavy atom. The van der Waals surface area contributed by atoms with Crippen molar-refractivity contribution in [2.45, 2.75) is 11.4 Å². The van der Waals surface area contributed by atoms with E-state index in [2.05, 4.69) is 15.9 Å². The van der Waals surface area contributed by atoms with Crippen molar-refractivity contribution in [3.63, 3.8) is 0 Å². The quantitative estimate of drug-likeness (QED) is 0.425. The first kappa shape index (κ1) is 25.5. The number of piperazine rings is 1. The predicted molar refractivity (Wildman–Crippen MR) is 145 cm³/mol.